The summed E-state index contributed by atoms with van der Waals surface area (Å²) in [5.74, 6) is 3.42. The lowest BCUT2D eigenvalue weighted by atomic mass is 9.68. The Hall–Kier alpha value is -0.110. The summed E-state index contributed by atoms with van der Waals surface area (Å²) in [4.78, 5) is 0. The Labute approximate surface area is 124 Å². The molecule has 0 heterocycles. The third kappa shape index (κ3) is 4.72. The lowest BCUT2D eigenvalue weighted by Gasteiger charge is -2.38. The molecule has 0 bridgehead atoms. The first-order chi connectivity index (χ1) is 9.72. The van der Waals surface area contributed by atoms with Gasteiger partial charge in [-0.15, -0.1) is 0 Å². The highest BCUT2D eigenvalue weighted by Crippen LogP contribution is 2.42. The van der Waals surface area contributed by atoms with Crippen LogP contribution in [0.4, 0.5) is 4.39 Å². The molecule has 1 atom stereocenters. The predicted octanol–water partition coefficient (Wildman–Crippen LogP) is 5.12. The number of alkyl halides is 1. The average molecular weight is 284 g/mol. The van der Waals surface area contributed by atoms with Gasteiger partial charge in [0.25, 0.3) is 0 Å². The Morgan fingerprint density at radius 2 is 1.40 bits per heavy atom. The van der Waals surface area contributed by atoms with Crippen molar-refractivity contribution in [2.45, 2.75) is 83.7 Å². The molecule has 0 radical (unpaired) electrons. The number of aliphatic hydroxyl groups is 1. The molecule has 1 nitrogen and oxygen atoms in total. The van der Waals surface area contributed by atoms with E-state index in [9.17, 15) is 4.39 Å². The third-order valence-electron chi connectivity index (χ3n) is 5.93. The van der Waals surface area contributed by atoms with E-state index in [1.54, 1.807) is 0 Å². The summed E-state index contributed by atoms with van der Waals surface area (Å²) in [6, 6.07) is 0. The highest BCUT2D eigenvalue weighted by atomic mass is 19.1. The second-order valence-electron chi connectivity index (χ2n) is 7.37. The van der Waals surface area contributed by atoms with Crippen LogP contribution in [0, 0.1) is 23.7 Å². The van der Waals surface area contributed by atoms with E-state index in [1.807, 2.05) is 0 Å². The van der Waals surface area contributed by atoms with Crippen LogP contribution in [-0.2, 0) is 0 Å². The average Bonchev–Trinajstić information content (AvgIpc) is 2.49. The zero-order valence-corrected chi connectivity index (χ0v) is 13.2. The van der Waals surface area contributed by atoms with E-state index in [0.29, 0.717) is 12.3 Å². The van der Waals surface area contributed by atoms with E-state index in [2.05, 4.69) is 6.92 Å². The number of hydrogen-bond acceptors (Lipinski definition) is 1. The Morgan fingerprint density at radius 3 is 1.85 bits per heavy atom. The lowest BCUT2D eigenvalue weighted by molar-refractivity contribution is 0.110. The SMILES string of the molecule is CCCC1CCC(C2CCC(CC(F)CO)CC2)CC1. The van der Waals surface area contributed by atoms with Gasteiger partial charge < -0.3 is 5.11 Å². The maximum atomic E-state index is 13.2. The molecule has 1 N–H and O–H groups in total. The summed E-state index contributed by atoms with van der Waals surface area (Å²) < 4.78 is 13.2. The van der Waals surface area contributed by atoms with Crippen molar-refractivity contribution in [3.63, 3.8) is 0 Å². The lowest BCUT2D eigenvalue weighted by Crippen LogP contribution is -2.27. The smallest absolute Gasteiger partial charge is 0.123 e. The van der Waals surface area contributed by atoms with E-state index in [1.165, 1.54) is 64.2 Å². The van der Waals surface area contributed by atoms with Crippen LogP contribution in [0.5, 0.6) is 0 Å². The van der Waals surface area contributed by atoms with Crippen molar-refractivity contribution in [1.29, 1.82) is 0 Å². The van der Waals surface area contributed by atoms with Crippen molar-refractivity contribution in [2.24, 2.45) is 23.7 Å². The van der Waals surface area contributed by atoms with Crippen LogP contribution in [0.2, 0.25) is 0 Å². The summed E-state index contributed by atoms with van der Waals surface area (Å²) in [6.45, 7) is 2.01. The van der Waals surface area contributed by atoms with E-state index in [-0.39, 0.29) is 6.61 Å². The molecule has 0 aromatic heterocycles. The van der Waals surface area contributed by atoms with Crippen molar-refractivity contribution < 1.29 is 9.50 Å². The van der Waals surface area contributed by atoms with Gasteiger partial charge in [0.2, 0.25) is 0 Å². The van der Waals surface area contributed by atoms with Crippen LogP contribution >= 0.6 is 0 Å². The van der Waals surface area contributed by atoms with Crippen LogP contribution in [0.3, 0.4) is 0 Å². The van der Waals surface area contributed by atoms with Gasteiger partial charge in [-0.2, -0.15) is 0 Å². The van der Waals surface area contributed by atoms with Gasteiger partial charge in [0, 0.05) is 0 Å². The summed E-state index contributed by atoms with van der Waals surface area (Å²) in [6.07, 6.45) is 13.2. The summed E-state index contributed by atoms with van der Waals surface area (Å²) in [7, 11) is 0. The maximum Gasteiger partial charge on any atom is 0.123 e. The molecule has 0 aliphatic heterocycles. The summed E-state index contributed by atoms with van der Waals surface area (Å²) >= 11 is 0. The van der Waals surface area contributed by atoms with Gasteiger partial charge in [0.1, 0.15) is 6.17 Å². The molecular weight excluding hydrogens is 251 g/mol. The third-order valence-corrected chi connectivity index (χ3v) is 5.93. The molecule has 20 heavy (non-hydrogen) atoms. The largest absolute Gasteiger partial charge is 0.393 e. The maximum absolute atomic E-state index is 13.2. The quantitative estimate of drug-likeness (QED) is 0.717. The summed E-state index contributed by atoms with van der Waals surface area (Å²) in [5.41, 5.74) is 0. The van der Waals surface area contributed by atoms with Gasteiger partial charge in [0.15, 0.2) is 0 Å². The Balaban J connectivity index is 1.67. The standard InChI is InChI=1S/C18H33FO/c1-2-3-14-4-8-16(9-5-14)17-10-6-15(7-11-17)12-18(19)13-20/h14-18,20H,2-13H2,1H3. The van der Waals surface area contributed by atoms with Gasteiger partial charge in [-0.25, -0.2) is 4.39 Å². The number of rotatable bonds is 6. The fourth-order valence-corrected chi connectivity index (χ4v) is 4.69. The number of aliphatic hydroxyl groups excluding tert-OH is 1. The molecule has 2 rings (SSSR count). The Kier molecular flexibility index (Phi) is 6.80. The van der Waals surface area contributed by atoms with Crippen LogP contribution in [-0.4, -0.2) is 17.9 Å². The molecular formula is C18H33FO. The zero-order chi connectivity index (χ0) is 14.4. The van der Waals surface area contributed by atoms with Gasteiger partial charge in [0.05, 0.1) is 6.61 Å². The van der Waals surface area contributed by atoms with E-state index in [4.69, 9.17) is 5.11 Å². The van der Waals surface area contributed by atoms with Crippen molar-refractivity contribution >= 4 is 0 Å². The molecule has 0 amide bonds. The second kappa shape index (κ2) is 8.36. The monoisotopic (exact) mass is 284 g/mol. The minimum atomic E-state index is -0.985. The fraction of sp³-hybridized carbons (Fsp3) is 1.00. The molecule has 0 saturated heterocycles. The van der Waals surface area contributed by atoms with Crippen molar-refractivity contribution in [3.8, 4) is 0 Å². The van der Waals surface area contributed by atoms with Crippen LogP contribution in [0.15, 0.2) is 0 Å². The molecule has 0 spiro atoms. The predicted molar refractivity (Wildman–Crippen MR) is 82.4 cm³/mol. The molecule has 2 fully saturated rings. The highest BCUT2D eigenvalue weighted by Gasteiger charge is 2.31. The van der Waals surface area contributed by atoms with Gasteiger partial charge in [-0.1, -0.05) is 45.4 Å². The van der Waals surface area contributed by atoms with E-state index >= 15 is 0 Å². The van der Waals surface area contributed by atoms with Crippen molar-refractivity contribution in [2.75, 3.05) is 6.61 Å². The van der Waals surface area contributed by atoms with Gasteiger partial charge >= 0.3 is 0 Å². The van der Waals surface area contributed by atoms with E-state index < -0.39 is 6.17 Å². The topological polar surface area (TPSA) is 20.2 Å². The van der Waals surface area contributed by atoms with Crippen molar-refractivity contribution in [1.82, 2.24) is 0 Å². The van der Waals surface area contributed by atoms with Gasteiger partial charge in [-0.05, 0) is 55.8 Å². The fourth-order valence-electron chi connectivity index (χ4n) is 4.69. The van der Waals surface area contributed by atoms with Crippen LogP contribution in [0.25, 0.3) is 0 Å². The first-order valence-corrected chi connectivity index (χ1v) is 8.97. The molecule has 2 aliphatic rings. The van der Waals surface area contributed by atoms with Gasteiger partial charge in [-0.3, -0.25) is 0 Å². The molecule has 1 unspecified atom stereocenters. The van der Waals surface area contributed by atoms with Crippen LogP contribution < -0.4 is 0 Å². The second-order valence-corrected chi connectivity index (χ2v) is 7.37. The van der Waals surface area contributed by atoms with Crippen molar-refractivity contribution in [3.05, 3.63) is 0 Å². The normalized spacial score (nSPS) is 36.8. The molecule has 118 valence electrons. The molecule has 0 aromatic rings. The minimum Gasteiger partial charge on any atom is -0.393 e. The zero-order valence-electron chi connectivity index (χ0n) is 13.2. The minimum absolute atomic E-state index is 0.290. The van der Waals surface area contributed by atoms with Crippen LogP contribution in [0.1, 0.15) is 77.6 Å². The molecule has 0 aromatic carbocycles. The molecule has 2 heteroatoms. The Bertz CT molecular complexity index is 252. The number of hydrogen-bond donors (Lipinski definition) is 1. The molecule has 2 aliphatic carbocycles. The number of halogens is 1. The first kappa shape index (κ1) is 16.3. The highest BCUT2D eigenvalue weighted by molar-refractivity contribution is 4.82. The molecule has 2 saturated carbocycles. The Morgan fingerprint density at radius 1 is 0.900 bits per heavy atom. The summed E-state index contributed by atoms with van der Waals surface area (Å²) in [5, 5.41) is 8.81. The first-order valence-electron chi connectivity index (χ1n) is 8.97. The van der Waals surface area contributed by atoms with E-state index in [0.717, 1.165) is 17.8 Å².